The van der Waals surface area contributed by atoms with Crippen LogP contribution < -0.4 is 0 Å². The zero-order valence-corrected chi connectivity index (χ0v) is 9.72. The first kappa shape index (κ1) is 12.6. The minimum Gasteiger partial charge on any atom is -0.238 e. The van der Waals surface area contributed by atoms with E-state index in [1.807, 2.05) is 0 Å². The summed E-state index contributed by atoms with van der Waals surface area (Å²) in [6.45, 7) is 3.50. The number of nitrogens with zero attached hydrogens (tertiary/aromatic N) is 2. The first-order chi connectivity index (χ1) is 8.29. The molecule has 0 saturated heterocycles. The van der Waals surface area contributed by atoms with Gasteiger partial charge in [0.05, 0.1) is 16.9 Å². The van der Waals surface area contributed by atoms with Crippen molar-refractivity contribution in [3.8, 4) is 5.69 Å². The highest BCUT2D eigenvalue weighted by molar-refractivity contribution is 5.37. The Kier molecular flexibility index (Phi) is 2.88. The molecule has 2 aromatic rings. The molecule has 0 amide bonds. The standard InChI is InChI=1S/C12H10F4N2/c1-7-5-8(2)18(17-7)9-3-4-10(11(13)6-9)12(14,15)16/h3-6H,1-2H3. The van der Waals surface area contributed by atoms with Gasteiger partial charge in [-0.1, -0.05) is 0 Å². The second kappa shape index (κ2) is 4.12. The Labute approximate surface area is 101 Å². The number of aryl methyl sites for hydroxylation is 2. The third-order valence-corrected chi connectivity index (χ3v) is 2.51. The fourth-order valence-electron chi connectivity index (χ4n) is 1.76. The van der Waals surface area contributed by atoms with Gasteiger partial charge in [0.15, 0.2) is 0 Å². The first-order valence-corrected chi connectivity index (χ1v) is 5.19. The smallest absolute Gasteiger partial charge is 0.238 e. The van der Waals surface area contributed by atoms with Crippen molar-refractivity contribution < 1.29 is 17.6 Å². The molecule has 0 aliphatic heterocycles. The van der Waals surface area contributed by atoms with E-state index in [2.05, 4.69) is 5.10 Å². The number of hydrogen-bond donors (Lipinski definition) is 0. The van der Waals surface area contributed by atoms with Gasteiger partial charge >= 0.3 is 6.18 Å². The summed E-state index contributed by atoms with van der Waals surface area (Å²) in [7, 11) is 0. The largest absolute Gasteiger partial charge is 0.419 e. The van der Waals surface area contributed by atoms with Gasteiger partial charge in [-0.05, 0) is 32.0 Å². The number of aromatic nitrogens is 2. The van der Waals surface area contributed by atoms with E-state index in [9.17, 15) is 17.6 Å². The maximum Gasteiger partial charge on any atom is 0.419 e. The highest BCUT2D eigenvalue weighted by Gasteiger charge is 2.34. The summed E-state index contributed by atoms with van der Waals surface area (Å²) in [6, 6.07) is 4.52. The van der Waals surface area contributed by atoms with Crippen molar-refractivity contribution in [1.29, 1.82) is 0 Å². The fraction of sp³-hybridized carbons (Fsp3) is 0.250. The lowest BCUT2D eigenvalue weighted by Crippen LogP contribution is -2.09. The molecule has 1 aromatic heterocycles. The molecular formula is C12H10F4N2. The van der Waals surface area contributed by atoms with Crippen LogP contribution in [0.1, 0.15) is 17.0 Å². The summed E-state index contributed by atoms with van der Waals surface area (Å²) in [6.07, 6.45) is -4.68. The van der Waals surface area contributed by atoms with E-state index in [4.69, 9.17) is 0 Å². The van der Waals surface area contributed by atoms with Gasteiger partial charge in [0, 0.05) is 11.8 Å². The number of halogens is 4. The van der Waals surface area contributed by atoms with Gasteiger partial charge in [0.1, 0.15) is 5.82 Å². The molecule has 2 rings (SSSR count). The molecule has 0 aliphatic rings. The highest BCUT2D eigenvalue weighted by Crippen LogP contribution is 2.32. The molecule has 0 bridgehead atoms. The van der Waals surface area contributed by atoms with Crippen LogP contribution in [0.4, 0.5) is 17.6 Å². The van der Waals surface area contributed by atoms with E-state index >= 15 is 0 Å². The van der Waals surface area contributed by atoms with E-state index in [0.29, 0.717) is 5.69 Å². The van der Waals surface area contributed by atoms with Crippen LogP contribution in [0, 0.1) is 19.7 Å². The normalized spacial score (nSPS) is 11.9. The number of rotatable bonds is 1. The minimum atomic E-state index is -4.68. The van der Waals surface area contributed by atoms with Crippen molar-refractivity contribution in [2.24, 2.45) is 0 Å². The molecule has 96 valence electrons. The van der Waals surface area contributed by atoms with Crippen LogP contribution in [0.5, 0.6) is 0 Å². The van der Waals surface area contributed by atoms with E-state index < -0.39 is 17.6 Å². The van der Waals surface area contributed by atoms with Crippen LogP contribution in [0.2, 0.25) is 0 Å². The Morgan fingerprint density at radius 3 is 2.22 bits per heavy atom. The van der Waals surface area contributed by atoms with E-state index in [1.165, 1.54) is 10.7 Å². The van der Waals surface area contributed by atoms with Crippen molar-refractivity contribution >= 4 is 0 Å². The molecule has 18 heavy (non-hydrogen) atoms. The average molecular weight is 258 g/mol. The lowest BCUT2D eigenvalue weighted by Gasteiger charge is -2.10. The quantitative estimate of drug-likeness (QED) is 0.714. The van der Waals surface area contributed by atoms with Crippen molar-refractivity contribution in [3.63, 3.8) is 0 Å². The van der Waals surface area contributed by atoms with Crippen LogP contribution in [0.3, 0.4) is 0 Å². The summed E-state index contributed by atoms with van der Waals surface area (Å²) in [5.41, 5.74) is 0.443. The van der Waals surface area contributed by atoms with Crippen molar-refractivity contribution in [3.05, 3.63) is 47.0 Å². The second-order valence-corrected chi connectivity index (χ2v) is 4.00. The predicted octanol–water partition coefficient (Wildman–Crippen LogP) is 3.65. The van der Waals surface area contributed by atoms with Crippen molar-refractivity contribution in [2.45, 2.75) is 20.0 Å². The van der Waals surface area contributed by atoms with Gasteiger partial charge in [0.25, 0.3) is 0 Å². The fourth-order valence-corrected chi connectivity index (χ4v) is 1.76. The minimum absolute atomic E-state index is 0.270. The first-order valence-electron chi connectivity index (χ1n) is 5.19. The summed E-state index contributed by atoms with van der Waals surface area (Å²) < 4.78 is 52.0. The molecule has 0 atom stereocenters. The predicted molar refractivity (Wildman–Crippen MR) is 58.0 cm³/mol. The van der Waals surface area contributed by atoms with E-state index in [-0.39, 0.29) is 5.69 Å². The average Bonchev–Trinajstić information content (AvgIpc) is 2.55. The number of hydrogen-bond acceptors (Lipinski definition) is 1. The molecule has 0 aliphatic carbocycles. The Morgan fingerprint density at radius 1 is 1.11 bits per heavy atom. The molecule has 0 saturated carbocycles. The zero-order chi connectivity index (χ0) is 13.5. The van der Waals surface area contributed by atoms with Crippen LogP contribution in [0.25, 0.3) is 5.69 Å². The Balaban J connectivity index is 2.50. The van der Waals surface area contributed by atoms with Crippen molar-refractivity contribution in [1.82, 2.24) is 9.78 Å². The molecule has 6 heteroatoms. The Hall–Kier alpha value is -1.85. The molecule has 0 unspecified atom stereocenters. The van der Waals surface area contributed by atoms with Crippen LogP contribution in [-0.2, 0) is 6.18 Å². The second-order valence-electron chi connectivity index (χ2n) is 4.00. The zero-order valence-electron chi connectivity index (χ0n) is 9.72. The van der Waals surface area contributed by atoms with Crippen LogP contribution >= 0.6 is 0 Å². The van der Waals surface area contributed by atoms with Gasteiger partial charge in [-0.3, -0.25) is 0 Å². The maximum absolute atomic E-state index is 13.4. The van der Waals surface area contributed by atoms with E-state index in [0.717, 1.165) is 17.8 Å². The lowest BCUT2D eigenvalue weighted by atomic mass is 10.2. The van der Waals surface area contributed by atoms with Gasteiger partial charge in [-0.15, -0.1) is 0 Å². The monoisotopic (exact) mass is 258 g/mol. The molecule has 2 nitrogen and oxygen atoms in total. The molecule has 1 aromatic carbocycles. The summed E-state index contributed by atoms with van der Waals surface area (Å²) in [4.78, 5) is 0. The van der Waals surface area contributed by atoms with Gasteiger partial charge in [0.2, 0.25) is 0 Å². The number of alkyl halides is 3. The molecule has 0 N–H and O–H groups in total. The van der Waals surface area contributed by atoms with Gasteiger partial charge in [-0.2, -0.15) is 18.3 Å². The summed E-state index contributed by atoms with van der Waals surface area (Å²) >= 11 is 0. The molecule has 0 radical (unpaired) electrons. The number of benzene rings is 1. The third-order valence-electron chi connectivity index (χ3n) is 2.51. The molecule has 1 heterocycles. The highest BCUT2D eigenvalue weighted by atomic mass is 19.4. The van der Waals surface area contributed by atoms with E-state index in [1.54, 1.807) is 19.9 Å². The lowest BCUT2D eigenvalue weighted by molar-refractivity contribution is -0.139. The van der Waals surface area contributed by atoms with Crippen LogP contribution in [-0.4, -0.2) is 9.78 Å². The van der Waals surface area contributed by atoms with Gasteiger partial charge < -0.3 is 0 Å². The molecule has 0 spiro atoms. The topological polar surface area (TPSA) is 17.8 Å². The molecular weight excluding hydrogens is 248 g/mol. The Morgan fingerprint density at radius 2 is 1.78 bits per heavy atom. The summed E-state index contributed by atoms with van der Waals surface area (Å²) in [5, 5.41) is 4.08. The van der Waals surface area contributed by atoms with Gasteiger partial charge in [-0.25, -0.2) is 9.07 Å². The van der Waals surface area contributed by atoms with Crippen molar-refractivity contribution in [2.75, 3.05) is 0 Å². The maximum atomic E-state index is 13.4. The SMILES string of the molecule is Cc1cc(C)n(-c2ccc(C(F)(F)F)c(F)c2)n1. The third kappa shape index (κ3) is 2.23. The summed E-state index contributed by atoms with van der Waals surface area (Å²) in [5.74, 6) is -1.30. The molecule has 0 fully saturated rings. The van der Waals surface area contributed by atoms with Crippen LogP contribution in [0.15, 0.2) is 24.3 Å². The Bertz CT molecular complexity index is 584.